The summed E-state index contributed by atoms with van der Waals surface area (Å²) in [6.45, 7) is 4.72. The molecule has 0 radical (unpaired) electrons. The highest BCUT2D eigenvalue weighted by atomic mass is 35.5. The molecular weight excluding hydrogens is 605 g/mol. The van der Waals surface area contributed by atoms with Crippen molar-refractivity contribution in [3.63, 3.8) is 0 Å². The number of halogens is 2. The van der Waals surface area contributed by atoms with Crippen LogP contribution in [0.5, 0.6) is 11.5 Å². The fraction of sp³-hybridized carbons (Fsp3) is 0.344. The Hall–Kier alpha value is -3.93. The fourth-order valence-corrected chi connectivity index (χ4v) is 6.19. The van der Waals surface area contributed by atoms with Crippen LogP contribution in [0.15, 0.2) is 66.7 Å². The normalized spacial score (nSPS) is 17.3. The van der Waals surface area contributed by atoms with Gasteiger partial charge in [0.1, 0.15) is 23.4 Å². The van der Waals surface area contributed by atoms with Crippen molar-refractivity contribution in [1.82, 2.24) is 9.80 Å². The van der Waals surface area contributed by atoms with E-state index >= 15 is 0 Å². The van der Waals surface area contributed by atoms with Crippen molar-refractivity contribution < 1.29 is 23.5 Å². The van der Waals surface area contributed by atoms with Crippen LogP contribution in [0.25, 0.3) is 0 Å². The molecule has 2 saturated heterocycles. The van der Waals surface area contributed by atoms with Crippen LogP contribution in [0, 0.1) is 5.82 Å². The summed E-state index contributed by atoms with van der Waals surface area (Å²) in [4.78, 5) is 34.9. The molecule has 9 nitrogen and oxygen atoms in total. The molecule has 2 heterocycles. The Morgan fingerprint density at radius 3 is 2.27 bits per heavy atom. The number of ether oxygens (including phenoxy) is 2. The van der Waals surface area contributed by atoms with E-state index in [1.54, 1.807) is 49.6 Å². The van der Waals surface area contributed by atoms with Crippen molar-refractivity contribution in [2.24, 2.45) is 0 Å². The molecule has 0 unspecified atom stereocenters. The molecule has 2 fully saturated rings. The van der Waals surface area contributed by atoms with Gasteiger partial charge in [-0.25, -0.2) is 4.39 Å². The molecule has 5 rings (SSSR count). The average molecular weight is 640 g/mol. The molecule has 2 aliphatic heterocycles. The number of nitrogens with one attached hydrogen (secondary N) is 1. The number of thiocarbonyl (C=S) groups is 1. The number of nitrogens with zero attached hydrogens (tertiary/aromatic N) is 4. The van der Waals surface area contributed by atoms with Gasteiger partial charge in [0.25, 0.3) is 5.91 Å². The van der Waals surface area contributed by atoms with E-state index in [0.717, 1.165) is 44.8 Å². The van der Waals surface area contributed by atoms with Gasteiger partial charge < -0.3 is 24.6 Å². The number of piperazine rings is 1. The number of amides is 2. The molecule has 0 bridgehead atoms. The van der Waals surface area contributed by atoms with E-state index < -0.39 is 6.04 Å². The van der Waals surface area contributed by atoms with Crippen molar-refractivity contribution in [1.29, 1.82) is 0 Å². The van der Waals surface area contributed by atoms with Gasteiger partial charge in [-0.1, -0.05) is 11.6 Å². The first kappa shape index (κ1) is 31.5. The number of hydrogen-bond donors (Lipinski definition) is 1. The minimum Gasteiger partial charge on any atom is -0.497 e. The first-order valence-corrected chi connectivity index (χ1v) is 15.2. The Kier molecular flexibility index (Phi) is 10.2. The number of carbonyl (C=O) groups is 2. The maximum Gasteiger partial charge on any atom is 0.256 e. The number of carbonyl (C=O) groups excluding carboxylic acids is 2. The second kappa shape index (κ2) is 14.2. The van der Waals surface area contributed by atoms with E-state index in [9.17, 15) is 14.0 Å². The highest BCUT2D eigenvalue weighted by Gasteiger charge is 2.44. The Morgan fingerprint density at radius 2 is 1.64 bits per heavy atom. The quantitative estimate of drug-likeness (QED) is 0.293. The Morgan fingerprint density at radius 1 is 0.955 bits per heavy atom. The van der Waals surface area contributed by atoms with Gasteiger partial charge in [-0.05, 0) is 91.9 Å². The Bertz CT molecular complexity index is 1480. The van der Waals surface area contributed by atoms with Gasteiger partial charge in [-0.3, -0.25) is 19.4 Å². The maximum absolute atomic E-state index is 13.8. The minimum atomic E-state index is -0.767. The molecule has 2 aliphatic rings. The molecule has 12 heteroatoms. The monoisotopic (exact) mass is 639 g/mol. The lowest BCUT2D eigenvalue weighted by molar-refractivity contribution is -0.124. The zero-order chi connectivity index (χ0) is 31.2. The smallest absolute Gasteiger partial charge is 0.256 e. The van der Waals surface area contributed by atoms with Gasteiger partial charge in [-0.15, -0.1) is 0 Å². The summed E-state index contributed by atoms with van der Waals surface area (Å²) in [6.07, 6.45) is 0.680. The predicted molar refractivity (Wildman–Crippen MR) is 174 cm³/mol. The summed E-state index contributed by atoms with van der Waals surface area (Å²) < 4.78 is 23.8. The number of benzene rings is 3. The predicted octanol–water partition coefficient (Wildman–Crippen LogP) is 5.04. The molecule has 0 aromatic heterocycles. The third-order valence-corrected chi connectivity index (χ3v) is 8.61. The lowest BCUT2D eigenvalue weighted by Gasteiger charge is -2.36. The van der Waals surface area contributed by atoms with Crippen LogP contribution < -0.4 is 24.6 Å². The van der Waals surface area contributed by atoms with Gasteiger partial charge >= 0.3 is 0 Å². The zero-order valence-electron chi connectivity index (χ0n) is 24.7. The van der Waals surface area contributed by atoms with E-state index in [1.165, 1.54) is 24.1 Å². The summed E-state index contributed by atoms with van der Waals surface area (Å²) in [5, 5.41) is 3.56. The van der Waals surface area contributed by atoms with Crippen LogP contribution >= 0.6 is 23.8 Å². The van der Waals surface area contributed by atoms with Gasteiger partial charge in [0.15, 0.2) is 5.11 Å². The largest absolute Gasteiger partial charge is 0.497 e. The van der Waals surface area contributed by atoms with E-state index in [-0.39, 0.29) is 24.1 Å². The van der Waals surface area contributed by atoms with Gasteiger partial charge in [0, 0.05) is 44.1 Å². The van der Waals surface area contributed by atoms with Crippen LogP contribution in [0.4, 0.5) is 21.5 Å². The zero-order valence-corrected chi connectivity index (χ0v) is 26.2. The fourth-order valence-electron chi connectivity index (χ4n) is 5.53. The first-order chi connectivity index (χ1) is 21.3. The van der Waals surface area contributed by atoms with Crippen LogP contribution in [-0.2, 0) is 9.59 Å². The van der Waals surface area contributed by atoms with Crippen molar-refractivity contribution in [3.8, 4) is 11.5 Å². The highest BCUT2D eigenvalue weighted by Crippen LogP contribution is 2.33. The molecule has 0 aliphatic carbocycles. The number of rotatable bonds is 11. The summed E-state index contributed by atoms with van der Waals surface area (Å²) >= 11 is 12.2. The average Bonchev–Trinajstić information content (AvgIpc) is 3.26. The van der Waals surface area contributed by atoms with Crippen molar-refractivity contribution in [3.05, 3.63) is 77.6 Å². The standard InChI is InChI=1S/C32H35ClFN5O4S/c1-42-26-11-6-23(7-12-26)35-30(40)21-28-31(41)39(25-10-13-29(43-2)27(33)20-25)32(44)38(28)15-3-14-36-16-18-37(19-17-36)24-8-4-22(34)5-9-24/h4-13,20,28H,3,14-19,21H2,1-2H3,(H,35,40)/t28-/m1/s1. The van der Waals surface area contributed by atoms with Crippen molar-refractivity contribution >= 4 is 57.8 Å². The SMILES string of the molecule is COc1ccc(NC(=O)C[C@@H]2C(=O)N(c3ccc(OC)c(Cl)c3)C(=S)N2CCCN2CCN(c3ccc(F)cc3)CC2)cc1. The van der Waals surface area contributed by atoms with Crippen LogP contribution in [0.2, 0.25) is 5.02 Å². The number of methoxy groups -OCH3 is 2. The van der Waals surface area contributed by atoms with E-state index in [2.05, 4.69) is 15.1 Å². The molecule has 44 heavy (non-hydrogen) atoms. The molecule has 3 aromatic rings. The topological polar surface area (TPSA) is 77.6 Å². The third-order valence-electron chi connectivity index (χ3n) is 7.90. The number of anilines is 3. The highest BCUT2D eigenvalue weighted by molar-refractivity contribution is 7.80. The van der Waals surface area contributed by atoms with Gasteiger partial charge in [0.2, 0.25) is 5.91 Å². The molecule has 1 N–H and O–H groups in total. The summed E-state index contributed by atoms with van der Waals surface area (Å²) in [5.41, 5.74) is 2.14. The second-order valence-electron chi connectivity index (χ2n) is 10.6. The first-order valence-electron chi connectivity index (χ1n) is 14.4. The van der Waals surface area contributed by atoms with Gasteiger partial charge in [0.05, 0.1) is 31.4 Å². The van der Waals surface area contributed by atoms with E-state index in [0.29, 0.717) is 39.6 Å². The molecule has 3 aromatic carbocycles. The maximum atomic E-state index is 13.8. The summed E-state index contributed by atoms with van der Waals surface area (Å²) in [7, 11) is 3.10. The second-order valence-corrected chi connectivity index (χ2v) is 11.4. The molecule has 232 valence electrons. The van der Waals surface area contributed by atoms with E-state index in [1.807, 2.05) is 17.0 Å². The van der Waals surface area contributed by atoms with Gasteiger partial charge in [-0.2, -0.15) is 0 Å². The van der Waals surface area contributed by atoms with Crippen molar-refractivity contribution in [2.75, 3.05) is 68.6 Å². The van der Waals surface area contributed by atoms with Crippen molar-refractivity contribution in [2.45, 2.75) is 18.9 Å². The lowest BCUT2D eigenvalue weighted by atomic mass is 10.1. The number of hydrogen-bond acceptors (Lipinski definition) is 7. The van der Waals surface area contributed by atoms with Crippen LogP contribution in [0.1, 0.15) is 12.8 Å². The molecule has 2 amide bonds. The molecule has 0 spiro atoms. The third kappa shape index (κ3) is 7.23. The Balaban J connectivity index is 1.24. The van der Waals surface area contributed by atoms with E-state index in [4.69, 9.17) is 33.3 Å². The van der Waals surface area contributed by atoms with Crippen LogP contribution in [0.3, 0.4) is 0 Å². The summed E-state index contributed by atoms with van der Waals surface area (Å²) in [5.74, 6) is 0.341. The minimum absolute atomic E-state index is 0.0677. The summed E-state index contributed by atoms with van der Waals surface area (Å²) in [6, 6.07) is 17.9. The lowest BCUT2D eigenvalue weighted by Crippen LogP contribution is -2.47. The molecular formula is C32H35ClFN5O4S. The Labute approximate surface area is 267 Å². The molecule has 0 saturated carbocycles. The molecule has 1 atom stereocenters. The van der Waals surface area contributed by atoms with Crippen LogP contribution in [-0.4, -0.2) is 86.3 Å².